The number of rotatable bonds is 6. The van der Waals surface area contributed by atoms with Gasteiger partial charge in [0.1, 0.15) is 5.75 Å². The number of fused-ring (bicyclic) bond motifs is 8. The zero-order chi connectivity index (χ0) is 41.9. The Morgan fingerprint density at radius 1 is 0.286 bits per heavy atom. The number of aromatic nitrogens is 1. The fourth-order valence-corrected chi connectivity index (χ4v) is 9.72. The van der Waals surface area contributed by atoms with E-state index in [4.69, 9.17) is 0 Å². The summed E-state index contributed by atoms with van der Waals surface area (Å²) in [6, 6.07) is 84.2. The summed E-state index contributed by atoms with van der Waals surface area (Å²) in [6.07, 6.45) is 0. The highest BCUT2D eigenvalue weighted by Gasteiger charge is 2.30. The number of para-hydroxylation sites is 5. The van der Waals surface area contributed by atoms with E-state index in [2.05, 4.69) is 222 Å². The van der Waals surface area contributed by atoms with Crippen molar-refractivity contribution >= 4 is 38.9 Å². The summed E-state index contributed by atoms with van der Waals surface area (Å²) in [5.74, 6) is 0.211. The van der Waals surface area contributed by atoms with E-state index in [0.29, 0.717) is 5.69 Å². The van der Waals surface area contributed by atoms with Crippen LogP contribution < -0.4 is 4.90 Å². The van der Waals surface area contributed by atoms with Crippen molar-refractivity contribution in [3.05, 3.63) is 237 Å². The van der Waals surface area contributed by atoms with Crippen LogP contribution in [0, 0.1) is 0 Å². The topological polar surface area (TPSA) is 28.4 Å². The first-order chi connectivity index (χ1) is 31.2. The van der Waals surface area contributed by atoms with Gasteiger partial charge in [-0.25, -0.2) is 0 Å². The minimum absolute atomic E-state index is 0.211. The van der Waals surface area contributed by atoms with Crippen LogP contribution in [-0.2, 0) is 0 Å². The molecular weight excluding hydrogens is 765 g/mol. The Hall–Kier alpha value is -8.40. The lowest BCUT2D eigenvalue weighted by Gasteiger charge is -2.30. The normalized spacial score (nSPS) is 11.8. The molecule has 0 radical (unpaired) electrons. The van der Waals surface area contributed by atoms with Crippen LogP contribution in [0.25, 0.3) is 94.3 Å². The molecule has 63 heavy (non-hydrogen) atoms. The highest BCUT2D eigenvalue weighted by Crippen LogP contribution is 2.56. The van der Waals surface area contributed by atoms with Crippen molar-refractivity contribution in [2.45, 2.75) is 0 Å². The maximum absolute atomic E-state index is 11.8. The highest BCUT2D eigenvalue weighted by molar-refractivity contribution is 6.11. The van der Waals surface area contributed by atoms with E-state index in [1.807, 2.05) is 18.2 Å². The van der Waals surface area contributed by atoms with Crippen LogP contribution in [0.4, 0.5) is 17.1 Å². The van der Waals surface area contributed by atoms with Crippen molar-refractivity contribution in [3.8, 4) is 78.2 Å². The van der Waals surface area contributed by atoms with E-state index in [1.165, 1.54) is 21.8 Å². The fourth-order valence-electron chi connectivity index (χ4n) is 9.72. The Kier molecular flexibility index (Phi) is 8.65. The van der Waals surface area contributed by atoms with Crippen LogP contribution in [0.5, 0.6) is 5.75 Å². The minimum Gasteiger partial charge on any atom is -0.506 e. The number of hydrogen-bond acceptors (Lipinski definition) is 2. The molecule has 0 amide bonds. The molecule has 1 aliphatic heterocycles. The first-order valence-electron chi connectivity index (χ1n) is 21.5. The lowest BCUT2D eigenvalue weighted by Crippen LogP contribution is -2.12. The quantitative estimate of drug-likeness (QED) is 0.181. The standard InChI is InChI=1S/C60H40N2O/c63-59-30-15-14-29-58(59)62-57-34-32-42(43-31-33-56-54(39-43)51-25-12-13-28-55(51)61(56)47-21-8-3-9-22-47)38-53(57)50-24-11-10-23-49(50)52-27-16-26-48(60(52)62)46-36-44(40-17-4-1-5-18-40)35-45(37-46)41-19-6-2-7-20-41/h1-39,63H. The van der Waals surface area contributed by atoms with E-state index < -0.39 is 0 Å². The monoisotopic (exact) mass is 804 g/mol. The van der Waals surface area contributed by atoms with E-state index in [9.17, 15) is 5.11 Å². The average molecular weight is 805 g/mol. The molecule has 2 heterocycles. The predicted octanol–water partition coefficient (Wildman–Crippen LogP) is 16.3. The third-order valence-electron chi connectivity index (χ3n) is 12.6. The molecule has 0 spiro atoms. The van der Waals surface area contributed by atoms with Gasteiger partial charge in [-0.05, 0) is 123 Å². The lowest BCUT2D eigenvalue weighted by atomic mass is 9.89. The van der Waals surface area contributed by atoms with Crippen LogP contribution >= 0.6 is 0 Å². The molecule has 296 valence electrons. The number of benzene rings is 10. The van der Waals surface area contributed by atoms with Gasteiger partial charge in [-0.1, -0.05) is 164 Å². The van der Waals surface area contributed by atoms with E-state index in [0.717, 1.165) is 83.8 Å². The smallest absolute Gasteiger partial charge is 0.139 e. The summed E-state index contributed by atoms with van der Waals surface area (Å²) in [4.78, 5) is 2.28. The third kappa shape index (κ3) is 6.13. The second kappa shape index (κ2) is 14.9. The van der Waals surface area contributed by atoms with E-state index in [-0.39, 0.29) is 5.75 Å². The van der Waals surface area contributed by atoms with Gasteiger partial charge < -0.3 is 14.6 Å². The van der Waals surface area contributed by atoms with Gasteiger partial charge in [0, 0.05) is 33.2 Å². The largest absolute Gasteiger partial charge is 0.506 e. The first kappa shape index (κ1) is 36.5. The lowest BCUT2D eigenvalue weighted by molar-refractivity contribution is 0.476. The number of aromatic hydroxyl groups is 1. The summed E-state index contributed by atoms with van der Waals surface area (Å²) in [7, 11) is 0. The number of nitrogens with zero attached hydrogens (tertiary/aromatic N) is 2. The number of phenolic OH excluding ortho intramolecular Hbond substituents is 1. The van der Waals surface area contributed by atoms with Crippen LogP contribution in [0.3, 0.4) is 0 Å². The maximum Gasteiger partial charge on any atom is 0.139 e. The number of phenols is 1. The molecule has 11 aromatic rings. The minimum atomic E-state index is 0.211. The van der Waals surface area contributed by atoms with Gasteiger partial charge in [0.2, 0.25) is 0 Å². The van der Waals surface area contributed by atoms with Crippen molar-refractivity contribution in [1.29, 1.82) is 0 Å². The van der Waals surface area contributed by atoms with E-state index in [1.54, 1.807) is 6.07 Å². The van der Waals surface area contributed by atoms with Crippen LogP contribution in [0.2, 0.25) is 0 Å². The van der Waals surface area contributed by atoms with E-state index >= 15 is 0 Å². The third-order valence-corrected chi connectivity index (χ3v) is 12.6. The average Bonchev–Trinajstić information content (AvgIpc) is 3.63. The molecule has 1 aliphatic rings. The Labute approximate surface area is 366 Å². The van der Waals surface area contributed by atoms with Crippen LogP contribution in [-0.4, -0.2) is 9.67 Å². The van der Waals surface area contributed by atoms with Crippen LogP contribution in [0.1, 0.15) is 0 Å². The zero-order valence-electron chi connectivity index (χ0n) is 34.4. The van der Waals surface area contributed by atoms with Crippen LogP contribution in [0.15, 0.2) is 237 Å². The Bertz CT molecular complexity index is 3460. The summed E-state index contributed by atoms with van der Waals surface area (Å²) < 4.78 is 2.36. The molecule has 0 fully saturated rings. The number of hydrogen-bond donors (Lipinski definition) is 1. The molecule has 1 aromatic heterocycles. The Morgan fingerprint density at radius 2 is 0.825 bits per heavy atom. The van der Waals surface area contributed by atoms with Crippen molar-refractivity contribution in [2.24, 2.45) is 0 Å². The van der Waals surface area contributed by atoms with Crippen molar-refractivity contribution < 1.29 is 5.11 Å². The number of anilines is 3. The molecule has 0 bridgehead atoms. The second-order valence-electron chi connectivity index (χ2n) is 16.3. The summed E-state index contributed by atoms with van der Waals surface area (Å²) >= 11 is 0. The van der Waals surface area contributed by atoms with Gasteiger partial charge in [0.15, 0.2) is 0 Å². The van der Waals surface area contributed by atoms with Gasteiger partial charge >= 0.3 is 0 Å². The van der Waals surface area contributed by atoms with Gasteiger partial charge in [0.25, 0.3) is 0 Å². The fraction of sp³-hybridized carbons (Fsp3) is 0. The predicted molar refractivity (Wildman–Crippen MR) is 263 cm³/mol. The molecule has 1 N–H and O–H groups in total. The maximum atomic E-state index is 11.8. The van der Waals surface area contributed by atoms with Crippen molar-refractivity contribution in [3.63, 3.8) is 0 Å². The summed E-state index contributed by atoms with van der Waals surface area (Å²) in [6.45, 7) is 0. The molecule has 3 heteroatoms. The van der Waals surface area contributed by atoms with Gasteiger partial charge in [-0.3, -0.25) is 0 Å². The summed E-state index contributed by atoms with van der Waals surface area (Å²) in [5.41, 5.74) is 19.7. The molecular formula is C60H40N2O. The Morgan fingerprint density at radius 3 is 1.56 bits per heavy atom. The van der Waals surface area contributed by atoms with Crippen molar-refractivity contribution in [1.82, 2.24) is 4.57 Å². The summed E-state index contributed by atoms with van der Waals surface area (Å²) in [5, 5.41) is 14.3. The molecule has 0 saturated carbocycles. The molecule has 10 aromatic carbocycles. The first-order valence-corrected chi connectivity index (χ1v) is 21.5. The molecule has 0 unspecified atom stereocenters. The molecule has 0 aliphatic carbocycles. The highest BCUT2D eigenvalue weighted by atomic mass is 16.3. The second-order valence-corrected chi connectivity index (χ2v) is 16.3. The zero-order valence-corrected chi connectivity index (χ0v) is 34.4. The Balaban J connectivity index is 1.10. The van der Waals surface area contributed by atoms with Gasteiger partial charge in [-0.2, -0.15) is 0 Å². The molecule has 0 atom stereocenters. The molecule has 0 saturated heterocycles. The van der Waals surface area contributed by atoms with Gasteiger partial charge in [-0.15, -0.1) is 0 Å². The van der Waals surface area contributed by atoms with Crippen molar-refractivity contribution in [2.75, 3.05) is 4.90 Å². The van der Waals surface area contributed by atoms with Gasteiger partial charge in [0.05, 0.1) is 28.1 Å². The molecule has 12 rings (SSSR count). The SMILES string of the molecule is Oc1ccccc1N1c2ccc(-c3ccc4c(c3)c3ccccc3n4-c3ccccc3)cc2-c2ccccc2-c2cccc(-c3cc(-c4ccccc4)cc(-c4ccccc4)c3)c21. The molecule has 3 nitrogen and oxygen atoms in total.